The van der Waals surface area contributed by atoms with Crippen molar-refractivity contribution in [2.24, 2.45) is 5.73 Å². The van der Waals surface area contributed by atoms with Gasteiger partial charge in [-0.1, -0.05) is 12.8 Å². The van der Waals surface area contributed by atoms with Crippen molar-refractivity contribution in [3.63, 3.8) is 0 Å². The first-order valence-electron chi connectivity index (χ1n) is 5.95. The minimum Gasteiger partial charge on any atom is -0.329 e. The zero-order valence-electron chi connectivity index (χ0n) is 9.28. The van der Waals surface area contributed by atoms with Crippen LogP contribution in [0, 0.1) is 0 Å². The number of hydrogen-bond donors (Lipinski definition) is 1. The molecule has 1 saturated carbocycles. The van der Waals surface area contributed by atoms with Gasteiger partial charge in [-0.2, -0.15) is 0 Å². The number of rotatable bonds is 2. The summed E-state index contributed by atoms with van der Waals surface area (Å²) >= 11 is 0. The highest BCUT2D eigenvalue weighted by Gasteiger charge is 2.29. The summed E-state index contributed by atoms with van der Waals surface area (Å²) in [6.07, 6.45) is 5.70. The van der Waals surface area contributed by atoms with Crippen molar-refractivity contribution in [3.05, 3.63) is 0 Å². The third-order valence-electron chi connectivity index (χ3n) is 3.92. The molecule has 1 aliphatic carbocycles. The molecule has 3 heteroatoms. The number of piperazine rings is 1. The Hall–Kier alpha value is -0.120. The maximum atomic E-state index is 5.79. The fourth-order valence-electron chi connectivity index (χ4n) is 2.83. The second-order valence-corrected chi connectivity index (χ2v) is 4.80. The lowest BCUT2D eigenvalue weighted by Gasteiger charge is -2.41. The van der Waals surface area contributed by atoms with Gasteiger partial charge in [-0.3, -0.25) is 9.80 Å². The molecule has 0 amide bonds. The number of nitrogens with two attached hydrogens (primary N) is 1. The number of nitrogens with zero attached hydrogens (tertiary/aromatic N) is 2. The molecule has 1 unspecified atom stereocenters. The second kappa shape index (κ2) is 4.60. The molecule has 0 radical (unpaired) electrons. The molecule has 2 N–H and O–H groups in total. The zero-order valence-corrected chi connectivity index (χ0v) is 9.28. The molecule has 1 atom stereocenters. The summed E-state index contributed by atoms with van der Waals surface area (Å²) in [6.45, 7) is 4.44. The van der Waals surface area contributed by atoms with E-state index in [1.807, 2.05) is 0 Å². The van der Waals surface area contributed by atoms with Crippen LogP contribution in [0.3, 0.4) is 0 Å². The quantitative estimate of drug-likeness (QED) is 0.700. The van der Waals surface area contributed by atoms with Crippen LogP contribution in [0.4, 0.5) is 0 Å². The van der Waals surface area contributed by atoms with Gasteiger partial charge in [-0.15, -0.1) is 0 Å². The number of likely N-dealkylation sites (N-methyl/N-ethyl adjacent to an activating group) is 1. The third-order valence-corrected chi connectivity index (χ3v) is 3.92. The molecular formula is C11H23N3. The molecule has 0 aromatic carbocycles. The molecule has 1 aliphatic heterocycles. The summed E-state index contributed by atoms with van der Waals surface area (Å²) in [7, 11) is 2.20. The van der Waals surface area contributed by atoms with Gasteiger partial charge >= 0.3 is 0 Å². The van der Waals surface area contributed by atoms with Crippen LogP contribution in [0.15, 0.2) is 0 Å². The first kappa shape index (κ1) is 10.4. The van der Waals surface area contributed by atoms with Crippen LogP contribution in [-0.4, -0.2) is 55.1 Å². The molecule has 14 heavy (non-hydrogen) atoms. The van der Waals surface area contributed by atoms with Crippen LogP contribution in [0.5, 0.6) is 0 Å². The summed E-state index contributed by atoms with van der Waals surface area (Å²) in [4.78, 5) is 5.08. The van der Waals surface area contributed by atoms with E-state index in [2.05, 4.69) is 16.8 Å². The lowest BCUT2D eigenvalue weighted by Crippen LogP contribution is -2.56. The smallest absolute Gasteiger partial charge is 0.0343 e. The predicted molar refractivity (Wildman–Crippen MR) is 59.3 cm³/mol. The molecule has 2 fully saturated rings. The Morgan fingerprint density at radius 1 is 1.21 bits per heavy atom. The molecule has 0 spiro atoms. The van der Waals surface area contributed by atoms with E-state index in [9.17, 15) is 0 Å². The molecule has 2 rings (SSSR count). The van der Waals surface area contributed by atoms with Crippen molar-refractivity contribution in [1.29, 1.82) is 0 Å². The van der Waals surface area contributed by atoms with E-state index in [1.54, 1.807) is 0 Å². The molecule has 0 bridgehead atoms. The standard InChI is InChI=1S/C11H23N3/c1-13-6-7-14(9-11(13)8-12)10-4-2-3-5-10/h10-11H,2-9,12H2,1H3. The van der Waals surface area contributed by atoms with Gasteiger partial charge in [0.05, 0.1) is 0 Å². The summed E-state index contributed by atoms with van der Waals surface area (Å²) in [6, 6.07) is 1.46. The maximum absolute atomic E-state index is 5.79. The van der Waals surface area contributed by atoms with E-state index in [0.29, 0.717) is 6.04 Å². The summed E-state index contributed by atoms with van der Waals surface area (Å²) in [5.41, 5.74) is 5.79. The molecule has 0 aromatic rings. The zero-order chi connectivity index (χ0) is 9.97. The van der Waals surface area contributed by atoms with E-state index in [4.69, 9.17) is 5.73 Å². The van der Waals surface area contributed by atoms with E-state index >= 15 is 0 Å². The van der Waals surface area contributed by atoms with Crippen molar-refractivity contribution in [1.82, 2.24) is 9.80 Å². The molecule has 1 saturated heterocycles. The summed E-state index contributed by atoms with van der Waals surface area (Å²) in [5.74, 6) is 0. The van der Waals surface area contributed by atoms with Crippen LogP contribution in [0.25, 0.3) is 0 Å². The Morgan fingerprint density at radius 2 is 1.93 bits per heavy atom. The van der Waals surface area contributed by atoms with Gasteiger partial charge in [-0.05, 0) is 19.9 Å². The Balaban J connectivity index is 1.88. The van der Waals surface area contributed by atoms with E-state index < -0.39 is 0 Å². The fraction of sp³-hybridized carbons (Fsp3) is 1.00. The van der Waals surface area contributed by atoms with Gasteiger partial charge in [0.25, 0.3) is 0 Å². The maximum Gasteiger partial charge on any atom is 0.0343 e. The van der Waals surface area contributed by atoms with Crippen LogP contribution in [-0.2, 0) is 0 Å². The first-order valence-corrected chi connectivity index (χ1v) is 5.95. The van der Waals surface area contributed by atoms with Gasteiger partial charge in [-0.25, -0.2) is 0 Å². The van der Waals surface area contributed by atoms with Gasteiger partial charge < -0.3 is 5.73 Å². The van der Waals surface area contributed by atoms with Crippen molar-refractivity contribution < 1.29 is 0 Å². The Kier molecular flexibility index (Phi) is 3.42. The van der Waals surface area contributed by atoms with Crippen LogP contribution >= 0.6 is 0 Å². The third kappa shape index (κ3) is 2.10. The largest absolute Gasteiger partial charge is 0.329 e. The van der Waals surface area contributed by atoms with Crippen molar-refractivity contribution in [2.45, 2.75) is 37.8 Å². The van der Waals surface area contributed by atoms with Gasteiger partial charge in [0.2, 0.25) is 0 Å². The molecule has 1 heterocycles. The highest BCUT2D eigenvalue weighted by molar-refractivity contribution is 4.86. The van der Waals surface area contributed by atoms with Gasteiger partial charge in [0.15, 0.2) is 0 Å². The number of hydrogen-bond acceptors (Lipinski definition) is 3. The van der Waals surface area contributed by atoms with E-state index in [0.717, 1.165) is 12.6 Å². The van der Waals surface area contributed by atoms with Gasteiger partial charge in [0.1, 0.15) is 0 Å². The van der Waals surface area contributed by atoms with Crippen molar-refractivity contribution in [2.75, 3.05) is 33.2 Å². The first-order chi connectivity index (χ1) is 6.81. The molecule has 0 aromatic heterocycles. The van der Waals surface area contributed by atoms with Crippen molar-refractivity contribution >= 4 is 0 Å². The SMILES string of the molecule is CN1CCN(C2CCCC2)CC1CN. The molecule has 82 valence electrons. The highest BCUT2D eigenvalue weighted by atomic mass is 15.3. The van der Waals surface area contributed by atoms with Gasteiger partial charge in [0, 0.05) is 38.3 Å². The van der Waals surface area contributed by atoms with Crippen LogP contribution in [0.1, 0.15) is 25.7 Å². The van der Waals surface area contributed by atoms with E-state index in [1.165, 1.54) is 45.3 Å². The molecule has 3 nitrogen and oxygen atoms in total. The summed E-state index contributed by atoms with van der Waals surface area (Å²) < 4.78 is 0. The fourth-order valence-corrected chi connectivity index (χ4v) is 2.83. The average molecular weight is 197 g/mol. The Labute approximate surface area is 87.2 Å². The predicted octanol–water partition coefficient (Wildman–Crippen LogP) is 0.504. The van der Waals surface area contributed by atoms with Crippen LogP contribution in [0.2, 0.25) is 0 Å². The topological polar surface area (TPSA) is 32.5 Å². The van der Waals surface area contributed by atoms with Crippen LogP contribution < -0.4 is 5.73 Å². The Morgan fingerprint density at radius 3 is 2.57 bits per heavy atom. The lowest BCUT2D eigenvalue weighted by molar-refractivity contribution is 0.0695. The van der Waals surface area contributed by atoms with E-state index in [-0.39, 0.29) is 0 Å². The normalized spacial score (nSPS) is 32.6. The minimum atomic E-state index is 0.587. The monoisotopic (exact) mass is 197 g/mol. The average Bonchev–Trinajstić information content (AvgIpc) is 2.71. The second-order valence-electron chi connectivity index (χ2n) is 4.80. The van der Waals surface area contributed by atoms with Crippen molar-refractivity contribution in [3.8, 4) is 0 Å². The lowest BCUT2D eigenvalue weighted by atomic mass is 10.1. The summed E-state index contributed by atoms with van der Waals surface area (Å²) in [5, 5.41) is 0. The Bertz CT molecular complexity index is 177. The molecule has 2 aliphatic rings. The highest BCUT2D eigenvalue weighted by Crippen LogP contribution is 2.25. The molecular weight excluding hydrogens is 174 g/mol. The minimum absolute atomic E-state index is 0.587.